The summed E-state index contributed by atoms with van der Waals surface area (Å²) < 4.78 is 4.73. The molecule has 3 heterocycles. The highest BCUT2D eigenvalue weighted by Gasteiger charge is 2.45. The first-order valence-electron chi connectivity index (χ1n) is 11.6. The maximum absolute atomic E-state index is 13.7. The number of nitrogens with zero attached hydrogens (tertiary/aromatic N) is 2. The number of hydrogen-bond donors (Lipinski definition) is 3. The monoisotopic (exact) mass is 470 g/mol. The molecular formula is C24H30N4O6. The summed E-state index contributed by atoms with van der Waals surface area (Å²) in [4.78, 5) is 54.9. The molecule has 0 spiro atoms. The van der Waals surface area contributed by atoms with Crippen LogP contribution in [0.25, 0.3) is 0 Å². The van der Waals surface area contributed by atoms with Gasteiger partial charge in [0, 0.05) is 24.7 Å². The summed E-state index contributed by atoms with van der Waals surface area (Å²) >= 11 is 0. The molecule has 3 N–H and O–H groups in total. The normalized spacial score (nSPS) is 29.6. The number of piperazine rings is 1. The van der Waals surface area contributed by atoms with Crippen LogP contribution in [0, 0.1) is 0 Å². The highest BCUT2D eigenvalue weighted by molar-refractivity contribution is 5.98. The van der Waals surface area contributed by atoms with Crippen molar-refractivity contribution >= 4 is 23.7 Å². The Labute approximate surface area is 197 Å². The zero-order chi connectivity index (χ0) is 24.2. The van der Waals surface area contributed by atoms with Gasteiger partial charge in [0.15, 0.2) is 0 Å². The Hall–Kier alpha value is -3.24. The molecule has 3 aliphatic heterocycles. The number of cyclic esters (lactones) is 1. The molecule has 2 unspecified atom stereocenters. The van der Waals surface area contributed by atoms with E-state index >= 15 is 0 Å². The van der Waals surface area contributed by atoms with Crippen molar-refractivity contribution in [2.75, 3.05) is 19.6 Å². The summed E-state index contributed by atoms with van der Waals surface area (Å²) in [7, 11) is 0. The molecule has 34 heavy (non-hydrogen) atoms. The van der Waals surface area contributed by atoms with E-state index in [1.54, 1.807) is 35.2 Å². The summed E-state index contributed by atoms with van der Waals surface area (Å²) in [6.07, 6.45) is 3.22. The number of ether oxygens (including phenoxy) is 1. The molecular weight excluding hydrogens is 440 g/mol. The lowest BCUT2D eigenvalue weighted by molar-refractivity contribution is -0.156. The van der Waals surface area contributed by atoms with Crippen LogP contribution in [0.3, 0.4) is 0 Å². The van der Waals surface area contributed by atoms with E-state index in [-0.39, 0.29) is 24.3 Å². The number of amides is 3. The summed E-state index contributed by atoms with van der Waals surface area (Å²) in [6.45, 7) is 3.60. The molecule has 1 aromatic rings. The summed E-state index contributed by atoms with van der Waals surface area (Å²) in [5.74, 6) is -1.74. The van der Waals surface area contributed by atoms with Crippen molar-refractivity contribution in [3.05, 3.63) is 48.0 Å². The zero-order valence-corrected chi connectivity index (χ0v) is 19.1. The number of aliphatic hydroxyl groups is 1. The Bertz CT molecular complexity index is 967. The molecule has 4 rings (SSSR count). The van der Waals surface area contributed by atoms with Gasteiger partial charge in [0.1, 0.15) is 18.1 Å². The third-order valence-electron chi connectivity index (χ3n) is 6.53. The fourth-order valence-electron chi connectivity index (χ4n) is 4.70. The Morgan fingerprint density at radius 1 is 1.09 bits per heavy atom. The molecule has 0 aromatic heterocycles. The van der Waals surface area contributed by atoms with Crippen molar-refractivity contribution in [3.8, 4) is 0 Å². The van der Waals surface area contributed by atoms with Crippen LogP contribution in [-0.4, -0.2) is 88.7 Å². The summed E-state index contributed by atoms with van der Waals surface area (Å²) in [6, 6.07) is 5.88. The van der Waals surface area contributed by atoms with Gasteiger partial charge in [-0.1, -0.05) is 37.3 Å². The first-order chi connectivity index (χ1) is 16.4. The average Bonchev–Trinajstić information content (AvgIpc) is 3.15. The molecule has 0 saturated carbocycles. The minimum Gasteiger partial charge on any atom is -0.434 e. The van der Waals surface area contributed by atoms with Crippen LogP contribution in [0.15, 0.2) is 42.5 Å². The van der Waals surface area contributed by atoms with Gasteiger partial charge in [-0.25, -0.2) is 0 Å². The average molecular weight is 471 g/mol. The van der Waals surface area contributed by atoms with E-state index in [4.69, 9.17) is 4.74 Å². The van der Waals surface area contributed by atoms with Crippen molar-refractivity contribution in [1.82, 2.24) is 20.4 Å². The van der Waals surface area contributed by atoms with E-state index in [2.05, 4.69) is 15.5 Å². The van der Waals surface area contributed by atoms with Gasteiger partial charge in [-0.3, -0.25) is 24.1 Å². The number of carbonyl (C=O) groups is 4. The van der Waals surface area contributed by atoms with Gasteiger partial charge >= 0.3 is 5.97 Å². The first kappa shape index (κ1) is 23.9. The van der Waals surface area contributed by atoms with Crippen LogP contribution in [0.1, 0.15) is 36.5 Å². The van der Waals surface area contributed by atoms with Crippen LogP contribution in [0.4, 0.5) is 0 Å². The molecule has 5 atom stereocenters. The third-order valence-corrected chi connectivity index (χ3v) is 6.53. The van der Waals surface area contributed by atoms with Crippen LogP contribution in [0.5, 0.6) is 0 Å². The predicted molar refractivity (Wildman–Crippen MR) is 121 cm³/mol. The Morgan fingerprint density at radius 3 is 2.50 bits per heavy atom. The lowest BCUT2D eigenvalue weighted by atomic mass is 9.96. The van der Waals surface area contributed by atoms with Crippen molar-refractivity contribution in [3.63, 3.8) is 0 Å². The number of fused-ring (bicyclic) bond motifs is 1. The predicted octanol–water partition coefficient (Wildman–Crippen LogP) is -0.214. The molecule has 3 aliphatic rings. The van der Waals surface area contributed by atoms with Crippen LogP contribution >= 0.6 is 0 Å². The Balaban J connectivity index is 1.56. The van der Waals surface area contributed by atoms with E-state index in [0.29, 0.717) is 38.0 Å². The second kappa shape index (κ2) is 10.4. The van der Waals surface area contributed by atoms with E-state index in [9.17, 15) is 24.3 Å². The summed E-state index contributed by atoms with van der Waals surface area (Å²) in [5.41, 5.74) is 0.447. The number of hydrogen-bond acceptors (Lipinski definition) is 7. The molecule has 3 amide bonds. The number of aliphatic hydroxyl groups excluding tert-OH is 1. The molecule has 2 fully saturated rings. The molecule has 10 nitrogen and oxygen atoms in total. The minimum atomic E-state index is -1.41. The highest BCUT2D eigenvalue weighted by Crippen LogP contribution is 2.24. The number of benzene rings is 1. The maximum Gasteiger partial charge on any atom is 0.310 e. The number of carbonyl (C=O) groups excluding carboxylic acids is 4. The van der Waals surface area contributed by atoms with Gasteiger partial charge in [-0.15, -0.1) is 0 Å². The molecule has 182 valence electrons. The number of nitrogens with one attached hydrogen (secondary N) is 2. The highest BCUT2D eigenvalue weighted by atomic mass is 16.6. The largest absolute Gasteiger partial charge is 0.434 e. The third kappa shape index (κ3) is 5.13. The molecule has 0 radical (unpaired) electrons. The number of rotatable bonds is 5. The molecule has 0 bridgehead atoms. The van der Waals surface area contributed by atoms with Crippen molar-refractivity contribution in [2.24, 2.45) is 0 Å². The van der Waals surface area contributed by atoms with Crippen molar-refractivity contribution in [2.45, 2.75) is 56.6 Å². The van der Waals surface area contributed by atoms with E-state index in [1.807, 2.05) is 19.1 Å². The van der Waals surface area contributed by atoms with E-state index < -0.39 is 36.3 Å². The van der Waals surface area contributed by atoms with E-state index in [1.165, 1.54) is 0 Å². The molecule has 10 heteroatoms. The second-order valence-corrected chi connectivity index (χ2v) is 8.80. The minimum absolute atomic E-state index is 0.132. The van der Waals surface area contributed by atoms with Gasteiger partial charge < -0.3 is 25.4 Å². The van der Waals surface area contributed by atoms with Crippen molar-refractivity contribution in [1.29, 1.82) is 0 Å². The second-order valence-electron chi connectivity index (χ2n) is 8.80. The standard InChI is InChI=1S/C24H30N4O6/c1-2-27-13-16-10-6-7-11-17(25-21(30)15-8-4-3-5-9-15)23(32)28(16)19(14-27)22(31)26-18-12-20(29)34-24(18)33/h3-9,16-19,24,33H,2,10-14H2,1H3,(H,25,30)(H,26,31)/t16-,17-,18?,19-,24?/m0/s1. The Kier molecular flexibility index (Phi) is 7.28. The lowest BCUT2D eigenvalue weighted by Gasteiger charge is -2.47. The van der Waals surface area contributed by atoms with Gasteiger partial charge in [0.25, 0.3) is 5.91 Å². The quantitative estimate of drug-likeness (QED) is 0.401. The summed E-state index contributed by atoms with van der Waals surface area (Å²) in [5, 5.41) is 15.4. The molecule has 0 aliphatic carbocycles. The number of likely N-dealkylation sites (N-methyl/N-ethyl adjacent to an activating group) is 1. The smallest absolute Gasteiger partial charge is 0.310 e. The number of esters is 1. The van der Waals surface area contributed by atoms with Crippen LogP contribution in [-0.2, 0) is 19.1 Å². The maximum atomic E-state index is 13.7. The lowest BCUT2D eigenvalue weighted by Crippen LogP contribution is -2.68. The molecule has 1 aromatic carbocycles. The first-order valence-corrected chi connectivity index (χ1v) is 11.6. The van der Waals surface area contributed by atoms with E-state index in [0.717, 1.165) is 0 Å². The Morgan fingerprint density at radius 2 is 1.82 bits per heavy atom. The van der Waals surface area contributed by atoms with Crippen LogP contribution in [0.2, 0.25) is 0 Å². The van der Waals surface area contributed by atoms with Crippen molar-refractivity contribution < 1.29 is 29.0 Å². The van der Waals surface area contributed by atoms with Gasteiger partial charge in [-0.05, 0) is 31.5 Å². The van der Waals surface area contributed by atoms with Gasteiger partial charge in [0.05, 0.1) is 6.42 Å². The molecule has 2 saturated heterocycles. The van der Waals surface area contributed by atoms with Gasteiger partial charge in [0.2, 0.25) is 18.1 Å². The van der Waals surface area contributed by atoms with Crippen LogP contribution < -0.4 is 10.6 Å². The zero-order valence-electron chi connectivity index (χ0n) is 19.1. The van der Waals surface area contributed by atoms with Gasteiger partial charge in [-0.2, -0.15) is 0 Å². The fourth-order valence-corrected chi connectivity index (χ4v) is 4.70. The fraction of sp³-hybridized carbons (Fsp3) is 0.500. The topological polar surface area (TPSA) is 128 Å². The SMILES string of the molecule is CCN1C[C@@H]2CC=CC[C@H](NC(=O)c3ccccc3)C(=O)N2[C@H](C(=O)NC2CC(=O)OC2O)C1.